The number of nitrogens with two attached hydrogens (primary N) is 1. The van der Waals surface area contributed by atoms with Gasteiger partial charge in [-0.2, -0.15) is 0 Å². The van der Waals surface area contributed by atoms with Crippen LogP contribution in [0.4, 0.5) is 14.9 Å². The maximum absolute atomic E-state index is 13.9. The lowest BCUT2D eigenvalue weighted by Gasteiger charge is -2.48. The zero-order valence-electron chi connectivity index (χ0n) is 28.4. The zero-order valence-corrected chi connectivity index (χ0v) is 28.4. The van der Waals surface area contributed by atoms with Gasteiger partial charge < -0.3 is 34.7 Å². The highest BCUT2D eigenvalue weighted by atomic mass is 19.1. The van der Waals surface area contributed by atoms with Gasteiger partial charge in [0.1, 0.15) is 17.1 Å². The number of benzene rings is 3. The molecule has 0 unspecified atom stereocenters. The molecule has 3 aromatic carbocycles. The monoisotopic (exact) mass is 675 g/mol. The number of nitrogens with one attached hydrogen (secondary N) is 1. The molecule has 2 aliphatic carbocycles. The number of fused-ring (bicyclic) bond motifs is 5. The van der Waals surface area contributed by atoms with Crippen LogP contribution >= 0.6 is 0 Å². The summed E-state index contributed by atoms with van der Waals surface area (Å²) in [5.41, 5.74) is 12.6. The van der Waals surface area contributed by atoms with Crippen LogP contribution in [0.1, 0.15) is 53.9 Å². The normalized spacial score (nSPS) is 22.0. The molecule has 0 spiro atoms. The van der Waals surface area contributed by atoms with Crippen molar-refractivity contribution in [3.63, 3.8) is 0 Å². The van der Waals surface area contributed by atoms with Crippen molar-refractivity contribution in [3.05, 3.63) is 77.6 Å². The minimum Gasteiger partial charge on any atom is -0.494 e. The fourth-order valence-corrected chi connectivity index (χ4v) is 8.58. The Morgan fingerprint density at radius 2 is 1.80 bits per heavy atom. The van der Waals surface area contributed by atoms with Gasteiger partial charge in [-0.3, -0.25) is 4.79 Å². The molecule has 3 N–H and O–H groups in total. The maximum Gasteiger partial charge on any atom is 0.321 e. The standard InChI is InChI=1S/C39H42FN7O3/c1-44-36-32(14-25(16-34(36)50-2)38(48)46-21-24-8-13-29(46)17-31(24)41)43-37(44)33-15-23-4-3-5-30(35(23)47(33)18-22-6-7-22)26-19-45(20-26)39(49)42-28-11-9-27(40)10-12-28/h3-5,9-12,14-16,22,24,26,29,31H,6-8,13,17-21,41H2,1-2H3,(H,42,49)/t24-,29-,31+/m1/s1. The molecule has 258 valence electrons. The predicted octanol–water partition coefficient (Wildman–Crippen LogP) is 6.34. The topological polar surface area (TPSA) is 111 Å². The Balaban J connectivity index is 1.05. The number of carbonyl (C=O) groups is 2. The molecule has 2 aromatic heterocycles. The van der Waals surface area contributed by atoms with Crippen molar-refractivity contribution in [1.82, 2.24) is 23.9 Å². The van der Waals surface area contributed by atoms with Crippen LogP contribution in [0.3, 0.4) is 0 Å². The van der Waals surface area contributed by atoms with E-state index in [2.05, 4.69) is 38.7 Å². The molecule has 5 aliphatic rings. The molecule has 3 saturated heterocycles. The molecule has 0 radical (unpaired) electrons. The number of rotatable bonds is 7. The fraction of sp³-hybridized carbons (Fsp3) is 0.410. The first-order valence-electron chi connectivity index (χ1n) is 17.8. The first-order valence-corrected chi connectivity index (χ1v) is 17.8. The number of aryl methyl sites for hydroxylation is 1. The van der Waals surface area contributed by atoms with Gasteiger partial charge in [-0.1, -0.05) is 18.2 Å². The van der Waals surface area contributed by atoms with E-state index in [4.69, 9.17) is 15.5 Å². The number of hydrogen-bond acceptors (Lipinski definition) is 5. The minimum absolute atomic E-state index is 0.0207. The number of amides is 3. The third-order valence-electron chi connectivity index (χ3n) is 11.6. The second-order valence-electron chi connectivity index (χ2n) is 14.8. The lowest BCUT2D eigenvalue weighted by molar-refractivity contribution is 0.0261. The number of anilines is 1. The van der Waals surface area contributed by atoms with Gasteiger partial charge in [0.25, 0.3) is 5.91 Å². The van der Waals surface area contributed by atoms with E-state index in [0.29, 0.717) is 48.5 Å². The summed E-state index contributed by atoms with van der Waals surface area (Å²) in [6, 6.07) is 18.5. The van der Waals surface area contributed by atoms with Gasteiger partial charge in [-0.05, 0) is 92.0 Å². The molecule has 10 nitrogen and oxygen atoms in total. The minimum atomic E-state index is -0.336. The Hall–Kier alpha value is -4.90. The molecule has 3 amide bonds. The van der Waals surface area contributed by atoms with Crippen LogP contribution < -0.4 is 15.8 Å². The van der Waals surface area contributed by atoms with Crippen LogP contribution in [0, 0.1) is 17.7 Å². The van der Waals surface area contributed by atoms with E-state index < -0.39 is 0 Å². The first kappa shape index (κ1) is 31.1. The van der Waals surface area contributed by atoms with Crippen molar-refractivity contribution in [3.8, 4) is 17.3 Å². The third-order valence-corrected chi connectivity index (χ3v) is 11.6. The van der Waals surface area contributed by atoms with E-state index in [-0.39, 0.29) is 35.8 Å². The summed E-state index contributed by atoms with van der Waals surface area (Å²) >= 11 is 0. The van der Waals surface area contributed by atoms with E-state index in [1.165, 1.54) is 36.1 Å². The molecule has 5 fully saturated rings. The second-order valence-corrected chi connectivity index (χ2v) is 14.8. The first-order chi connectivity index (χ1) is 24.2. The van der Waals surface area contributed by atoms with Crippen LogP contribution in [0.5, 0.6) is 5.75 Å². The maximum atomic E-state index is 13.9. The van der Waals surface area contributed by atoms with Gasteiger partial charge >= 0.3 is 6.03 Å². The average Bonchev–Trinajstić information content (AvgIpc) is 3.76. The van der Waals surface area contributed by atoms with E-state index in [1.807, 2.05) is 24.1 Å². The quantitative estimate of drug-likeness (QED) is 0.209. The van der Waals surface area contributed by atoms with Crippen molar-refractivity contribution >= 4 is 39.6 Å². The summed E-state index contributed by atoms with van der Waals surface area (Å²) in [5.74, 6) is 2.29. The van der Waals surface area contributed by atoms with Crippen LogP contribution in [0.2, 0.25) is 0 Å². The van der Waals surface area contributed by atoms with Gasteiger partial charge in [0, 0.05) is 67.9 Å². The number of para-hydroxylation sites is 1. The number of piperidine rings is 2. The molecule has 11 heteroatoms. The van der Waals surface area contributed by atoms with Crippen molar-refractivity contribution in [2.45, 2.75) is 56.7 Å². The number of halogens is 1. The van der Waals surface area contributed by atoms with Crippen molar-refractivity contribution in [2.75, 3.05) is 32.1 Å². The molecule has 10 rings (SSSR count). The smallest absolute Gasteiger partial charge is 0.321 e. The summed E-state index contributed by atoms with van der Waals surface area (Å²) in [6.07, 6.45) is 5.36. The molecule has 50 heavy (non-hydrogen) atoms. The van der Waals surface area contributed by atoms with E-state index in [1.54, 1.807) is 24.1 Å². The number of likely N-dealkylation sites (tertiary alicyclic amines) is 1. The number of carbonyl (C=O) groups excluding carboxylic acids is 2. The Bertz CT molecular complexity index is 2150. The van der Waals surface area contributed by atoms with E-state index in [0.717, 1.165) is 53.7 Å². The molecule has 3 atom stereocenters. The highest BCUT2D eigenvalue weighted by molar-refractivity contribution is 6.00. The lowest BCUT2D eigenvalue weighted by Crippen LogP contribution is -2.58. The summed E-state index contributed by atoms with van der Waals surface area (Å²) in [5, 5.41) is 4.02. The van der Waals surface area contributed by atoms with Gasteiger partial charge in [-0.15, -0.1) is 0 Å². The van der Waals surface area contributed by atoms with E-state index in [9.17, 15) is 14.0 Å². The molecule has 5 aromatic rings. The molecular weight excluding hydrogens is 633 g/mol. The number of ether oxygens (including phenoxy) is 1. The van der Waals surface area contributed by atoms with Crippen molar-refractivity contribution in [1.29, 1.82) is 0 Å². The largest absolute Gasteiger partial charge is 0.494 e. The second kappa shape index (κ2) is 11.9. The van der Waals surface area contributed by atoms with Gasteiger partial charge in [0.05, 0.1) is 23.8 Å². The Labute approximate surface area is 290 Å². The third kappa shape index (κ3) is 5.21. The number of methoxy groups -OCH3 is 1. The summed E-state index contributed by atoms with van der Waals surface area (Å²) in [7, 11) is 3.67. The molecule has 2 bridgehead atoms. The van der Waals surface area contributed by atoms with Gasteiger partial charge in [0.2, 0.25) is 0 Å². The highest BCUT2D eigenvalue weighted by Crippen LogP contribution is 2.42. The SMILES string of the molecule is COc1cc(C(=O)N2C[C@H]3CC[C@@H]2C[C@@H]3N)cc2nc(-c3cc4cccc(C5CN(C(=O)Nc6ccc(F)cc6)C5)c4n3CC3CC3)n(C)c12. The highest BCUT2D eigenvalue weighted by Gasteiger charge is 2.41. The number of imidazole rings is 1. The van der Waals surface area contributed by atoms with Crippen LogP contribution in [0.15, 0.2) is 60.7 Å². The zero-order chi connectivity index (χ0) is 34.3. The van der Waals surface area contributed by atoms with Crippen LogP contribution in [0.25, 0.3) is 33.5 Å². The molecule has 5 heterocycles. The Kier molecular flexibility index (Phi) is 7.38. The number of urea groups is 1. The predicted molar refractivity (Wildman–Crippen MR) is 191 cm³/mol. The van der Waals surface area contributed by atoms with Crippen LogP contribution in [-0.2, 0) is 13.6 Å². The number of nitrogens with zero attached hydrogens (tertiary/aromatic N) is 5. The van der Waals surface area contributed by atoms with Gasteiger partial charge in [-0.25, -0.2) is 14.2 Å². The number of aromatic nitrogens is 3. The van der Waals surface area contributed by atoms with Crippen molar-refractivity contribution < 1.29 is 18.7 Å². The van der Waals surface area contributed by atoms with Crippen LogP contribution in [-0.4, -0.2) is 74.7 Å². The molecular formula is C39H42FN7O3. The molecule has 3 aliphatic heterocycles. The Morgan fingerprint density at radius 1 is 1.00 bits per heavy atom. The number of hydrogen-bond donors (Lipinski definition) is 2. The van der Waals surface area contributed by atoms with Crippen molar-refractivity contribution in [2.24, 2.45) is 24.6 Å². The lowest BCUT2D eigenvalue weighted by atomic mass is 9.76. The van der Waals surface area contributed by atoms with E-state index >= 15 is 0 Å². The molecule has 2 saturated carbocycles. The summed E-state index contributed by atoms with van der Waals surface area (Å²) in [6.45, 7) is 2.79. The Morgan fingerprint density at radius 3 is 2.50 bits per heavy atom. The van der Waals surface area contributed by atoms with Gasteiger partial charge in [0.15, 0.2) is 5.82 Å². The average molecular weight is 676 g/mol. The summed E-state index contributed by atoms with van der Waals surface area (Å²) in [4.78, 5) is 35.9. The summed E-state index contributed by atoms with van der Waals surface area (Å²) < 4.78 is 23.8. The fourth-order valence-electron chi connectivity index (χ4n) is 8.58.